The van der Waals surface area contributed by atoms with E-state index in [9.17, 15) is 4.79 Å². The van der Waals surface area contributed by atoms with Crippen molar-refractivity contribution < 1.29 is 14.3 Å². The van der Waals surface area contributed by atoms with Crippen LogP contribution < -0.4 is 4.74 Å². The summed E-state index contributed by atoms with van der Waals surface area (Å²) in [5.74, 6) is 0.818. The molecule has 0 unspecified atom stereocenters. The van der Waals surface area contributed by atoms with Crippen LogP contribution in [-0.2, 0) is 15.1 Å². The molecule has 4 heteroatoms. The van der Waals surface area contributed by atoms with Gasteiger partial charge in [0.05, 0.1) is 13.2 Å². The standard InChI is InChI=1S/C19H21NO3/c1-4-5-16(23-3)13-19-17-12-15(22-2)7-6-14(17)8-10-20(19)11-9-18(19)21/h4,6-12,16H,1,5,13H2,2-3H3/t16-,19+/m1/s1. The molecule has 120 valence electrons. The molecule has 0 spiro atoms. The molecule has 3 rings (SSSR count). The topological polar surface area (TPSA) is 38.8 Å². The molecule has 0 saturated heterocycles. The molecular formula is C19H21NO3. The van der Waals surface area contributed by atoms with Crippen molar-refractivity contribution in [2.75, 3.05) is 14.2 Å². The predicted octanol–water partition coefficient (Wildman–Crippen LogP) is 3.25. The highest BCUT2D eigenvalue weighted by Gasteiger charge is 2.49. The number of benzene rings is 1. The highest BCUT2D eigenvalue weighted by molar-refractivity contribution is 6.02. The van der Waals surface area contributed by atoms with E-state index >= 15 is 0 Å². The molecule has 4 nitrogen and oxygen atoms in total. The maximum absolute atomic E-state index is 12.9. The minimum Gasteiger partial charge on any atom is -0.497 e. The fourth-order valence-electron chi connectivity index (χ4n) is 3.41. The minimum absolute atomic E-state index is 0.0717. The second-order valence-corrected chi connectivity index (χ2v) is 5.80. The first-order chi connectivity index (χ1) is 11.2. The number of ether oxygens (including phenoxy) is 2. The third kappa shape index (κ3) is 2.39. The van der Waals surface area contributed by atoms with Crippen LogP contribution in [0.4, 0.5) is 0 Å². The zero-order valence-corrected chi connectivity index (χ0v) is 13.5. The molecule has 0 aliphatic carbocycles. The van der Waals surface area contributed by atoms with Crippen molar-refractivity contribution in [2.45, 2.75) is 24.5 Å². The summed E-state index contributed by atoms with van der Waals surface area (Å²) in [7, 11) is 3.31. The third-order valence-corrected chi connectivity index (χ3v) is 4.64. The zero-order valence-electron chi connectivity index (χ0n) is 13.5. The van der Waals surface area contributed by atoms with Gasteiger partial charge < -0.3 is 14.4 Å². The van der Waals surface area contributed by atoms with Crippen LogP contribution in [0.1, 0.15) is 24.0 Å². The van der Waals surface area contributed by atoms with Gasteiger partial charge in [-0.15, -0.1) is 6.58 Å². The van der Waals surface area contributed by atoms with E-state index in [2.05, 4.69) is 6.58 Å². The van der Waals surface area contributed by atoms with Crippen LogP contribution in [0.3, 0.4) is 0 Å². The van der Waals surface area contributed by atoms with E-state index in [1.807, 2.05) is 47.7 Å². The first kappa shape index (κ1) is 15.6. The fourth-order valence-corrected chi connectivity index (χ4v) is 3.41. The van der Waals surface area contributed by atoms with Gasteiger partial charge in [-0.3, -0.25) is 4.79 Å². The Balaban J connectivity index is 2.12. The van der Waals surface area contributed by atoms with Gasteiger partial charge in [-0.05, 0) is 35.8 Å². The van der Waals surface area contributed by atoms with Crippen molar-refractivity contribution in [3.63, 3.8) is 0 Å². The Morgan fingerprint density at radius 2 is 2.09 bits per heavy atom. The van der Waals surface area contributed by atoms with Crippen LogP contribution >= 0.6 is 0 Å². The van der Waals surface area contributed by atoms with Gasteiger partial charge in [0.2, 0.25) is 0 Å². The molecule has 1 aromatic carbocycles. The van der Waals surface area contributed by atoms with Crippen LogP contribution in [0.15, 0.2) is 49.3 Å². The number of hydrogen-bond donors (Lipinski definition) is 0. The molecule has 1 aromatic rings. The number of carbonyl (C=O) groups excluding carboxylic acids is 1. The average molecular weight is 311 g/mol. The number of ketones is 1. The molecule has 0 radical (unpaired) electrons. The Morgan fingerprint density at radius 3 is 2.78 bits per heavy atom. The van der Waals surface area contributed by atoms with Gasteiger partial charge in [-0.2, -0.15) is 0 Å². The summed E-state index contributed by atoms with van der Waals surface area (Å²) in [6.07, 6.45) is 10.5. The number of fused-ring (bicyclic) bond motifs is 3. The molecule has 2 atom stereocenters. The van der Waals surface area contributed by atoms with Gasteiger partial charge in [0, 0.05) is 32.0 Å². The van der Waals surface area contributed by atoms with E-state index in [1.54, 1.807) is 20.3 Å². The summed E-state index contributed by atoms with van der Waals surface area (Å²) >= 11 is 0. The lowest BCUT2D eigenvalue weighted by atomic mass is 9.76. The summed E-state index contributed by atoms with van der Waals surface area (Å²) in [5.41, 5.74) is 1.23. The van der Waals surface area contributed by atoms with Gasteiger partial charge in [0.1, 0.15) is 11.3 Å². The Hall–Kier alpha value is -2.33. The first-order valence-corrected chi connectivity index (χ1v) is 7.67. The Bertz CT molecular complexity index is 692. The molecule has 0 saturated carbocycles. The second kappa shape index (κ2) is 6.05. The molecule has 0 bridgehead atoms. The SMILES string of the molecule is C=CC[C@H](C[C@]12C(=O)C=CN1C=Cc1ccc(OC)cc12)OC. The average Bonchev–Trinajstić information content (AvgIpc) is 2.91. The Morgan fingerprint density at radius 1 is 1.30 bits per heavy atom. The number of carbonyl (C=O) groups is 1. The quantitative estimate of drug-likeness (QED) is 0.756. The van der Waals surface area contributed by atoms with Crippen molar-refractivity contribution in [1.29, 1.82) is 0 Å². The van der Waals surface area contributed by atoms with Crippen molar-refractivity contribution in [2.24, 2.45) is 0 Å². The summed E-state index contributed by atoms with van der Waals surface area (Å²) in [6, 6.07) is 5.86. The largest absolute Gasteiger partial charge is 0.497 e. The van der Waals surface area contributed by atoms with Crippen LogP contribution in [0.2, 0.25) is 0 Å². The number of nitrogens with zero attached hydrogens (tertiary/aromatic N) is 1. The third-order valence-electron chi connectivity index (χ3n) is 4.64. The molecule has 2 aliphatic rings. The number of hydrogen-bond acceptors (Lipinski definition) is 4. The monoisotopic (exact) mass is 311 g/mol. The number of rotatable bonds is 6. The molecule has 0 fully saturated rings. The molecule has 23 heavy (non-hydrogen) atoms. The first-order valence-electron chi connectivity index (χ1n) is 7.67. The van der Waals surface area contributed by atoms with Crippen molar-refractivity contribution in [3.05, 3.63) is 60.5 Å². The zero-order chi connectivity index (χ0) is 16.4. The van der Waals surface area contributed by atoms with E-state index in [0.29, 0.717) is 12.8 Å². The predicted molar refractivity (Wildman–Crippen MR) is 89.9 cm³/mol. The summed E-state index contributed by atoms with van der Waals surface area (Å²) in [5, 5.41) is 0. The Kier molecular flexibility index (Phi) is 4.09. The normalized spacial score (nSPS) is 22.7. The van der Waals surface area contributed by atoms with Crippen molar-refractivity contribution >= 4 is 11.9 Å². The second-order valence-electron chi connectivity index (χ2n) is 5.80. The maximum Gasteiger partial charge on any atom is 0.187 e. The molecule has 2 heterocycles. The van der Waals surface area contributed by atoms with Gasteiger partial charge >= 0.3 is 0 Å². The van der Waals surface area contributed by atoms with E-state index in [0.717, 1.165) is 16.9 Å². The van der Waals surface area contributed by atoms with E-state index in [4.69, 9.17) is 9.47 Å². The molecular weight excluding hydrogens is 290 g/mol. The van der Waals surface area contributed by atoms with Gasteiger partial charge in [0.15, 0.2) is 5.78 Å². The summed E-state index contributed by atoms with van der Waals surface area (Å²) in [6.45, 7) is 3.79. The minimum atomic E-state index is -0.762. The molecule has 2 aliphatic heterocycles. The summed E-state index contributed by atoms with van der Waals surface area (Å²) in [4.78, 5) is 14.8. The van der Waals surface area contributed by atoms with Crippen molar-refractivity contribution in [3.8, 4) is 5.75 Å². The molecule has 0 N–H and O–H groups in total. The smallest absolute Gasteiger partial charge is 0.187 e. The Labute approximate surface area is 136 Å². The van der Waals surface area contributed by atoms with Crippen LogP contribution in [0, 0.1) is 0 Å². The van der Waals surface area contributed by atoms with Crippen LogP contribution in [-0.4, -0.2) is 31.0 Å². The van der Waals surface area contributed by atoms with E-state index < -0.39 is 5.54 Å². The highest BCUT2D eigenvalue weighted by atomic mass is 16.5. The maximum atomic E-state index is 12.9. The summed E-state index contributed by atoms with van der Waals surface area (Å²) < 4.78 is 10.9. The van der Waals surface area contributed by atoms with Crippen LogP contribution in [0.25, 0.3) is 6.08 Å². The molecule has 0 amide bonds. The number of methoxy groups -OCH3 is 2. The van der Waals surface area contributed by atoms with Gasteiger partial charge in [-0.1, -0.05) is 12.1 Å². The lowest BCUT2D eigenvalue weighted by Gasteiger charge is -2.41. The van der Waals surface area contributed by atoms with Crippen molar-refractivity contribution in [1.82, 2.24) is 4.90 Å². The lowest BCUT2D eigenvalue weighted by molar-refractivity contribution is -0.124. The lowest BCUT2D eigenvalue weighted by Crippen LogP contribution is -2.47. The van der Waals surface area contributed by atoms with E-state index in [1.165, 1.54) is 0 Å². The van der Waals surface area contributed by atoms with Crippen LogP contribution in [0.5, 0.6) is 5.75 Å². The molecule has 0 aromatic heterocycles. The highest BCUT2D eigenvalue weighted by Crippen LogP contribution is 2.45. The fraction of sp³-hybridized carbons (Fsp3) is 0.316. The van der Waals surface area contributed by atoms with Gasteiger partial charge in [-0.25, -0.2) is 0 Å². The van der Waals surface area contributed by atoms with Gasteiger partial charge in [0.25, 0.3) is 0 Å². The van der Waals surface area contributed by atoms with E-state index in [-0.39, 0.29) is 11.9 Å².